The van der Waals surface area contributed by atoms with E-state index in [1.807, 2.05) is 4.90 Å². The normalized spacial score (nSPS) is 19.2. The molecule has 2 heterocycles. The van der Waals surface area contributed by atoms with Gasteiger partial charge >= 0.3 is 0 Å². The number of hydrogen-bond acceptors (Lipinski definition) is 4. The van der Waals surface area contributed by atoms with Crippen LogP contribution in [-0.2, 0) is 9.59 Å². The van der Waals surface area contributed by atoms with E-state index in [-0.39, 0.29) is 18.4 Å². The van der Waals surface area contributed by atoms with Crippen molar-refractivity contribution in [2.75, 3.05) is 26.2 Å². The SMILES string of the molecule is CCN1CCC(N(C(=O)CNC(=O)/C=C/c2ccco2)C2CC2)CC1. The van der Waals surface area contributed by atoms with Crippen LogP contribution in [0.15, 0.2) is 28.9 Å². The monoisotopic (exact) mass is 345 g/mol. The Bertz CT molecular complexity index is 599. The topological polar surface area (TPSA) is 65.8 Å². The van der Waals surface area contributed by atoms with Gasteiger partial charge in [0.05, 0.1) is 12.8 Å². The van der Waals surface area contributed by atoms with Crippen molar-refractivity contribution in [2.45, 2.75) is 44.7 Å². The molecule has 3 rings (SSSR count). The van der Waals surface area contributed by atoms with Gasteiger partial charge in [-0.05, 0) is 50.4 Å². The predicted octanol–water partition coefficient (Wildman–Crippen LogP) is 1.88. The van der Waals surface area contributed by atoms with Crippen LogP contribution in [0, 0.1) is 0 Å². The van der Waals surface area contributed by atoms with Crippen molar-refractivity contribution in [3.8, 4) is 0 Å². The van der Waals surface area contributed by atoms with E-state index in [4.69, 9.17) is 4.42 Å². The average molecular weight is 345 g/mol. The molecule has 136 valence electrons. The summed E-state index contributed by atoms with van der Waals surface area (Å²) >= 11 is 0. The largest absolute Gasteiger partial charge is 0.465 e. The number of amides is 2. The van der Waals surface area contributed by atoms with Gasteiger partial charge in [-0.15, -0.1) is 0 Å². The van der Waals surface area contributed by atoms with Gasteiger partial charge in [0.15, 0.2) is 0 Å². The molecule has 1 aliphatic carbocycles. The number of piperidine rings is 1. The average Bonchev–Trinajstić information content (AvgIpc) is 3.32. The van der Waals surface area contributed by atoms with Gasteiger partial charge < -0.3 is 19.5 Å². The molecule has 0 radical (unpaired) electrons. The summed E-state index contributed by atoms with van der Waals surface area (Å²) in [5.41, 5.74) is 0. The van der Waals surface area contributed by atoms with E-state index < -0.39 is 0 Å². The van der Waals surface area contributed by atoms with Crippen LogP contribution in [0.1, 0.15) is 38.4 Å². The zero-order valence-electron chi connectivity index (χ0n) is 14.8. The van der Waals surface area contributed by atoms with Crippen LogP contribution in [0.5, 0.6) is 0 Å². The number of nitrogens with one attached hydrogen (secondary N) is 1. The van der Waals surface area contributed by atoms with E-state index in [2.05, 4.69) is 17.1 Å². The van der Waals surface area contributed by atoms with Crippen LogP contribution in [0.3, 0.4) is 0 Å². The Morgan fingerprint density at radius 2 is 2.00 bits per heavy atom. The van der Waals surface area contributed by atoms with Crippen LogP contribution in [-0.4, -0.2) is 59.9 Å². The molecule has 0 atom stereocenters. The summed E-state index contributed by atoms with van der Waals surface area (Å²) in [6.45, 7) is 5.41. The van der Waals surface area contributed by atoms with Crippen molar-refractivity contribution in [3.05, 3.63) is 30.2 Å². The molecule has 6 nitrogen and oxygen atoms in total. The highest BCUT2D eigenvalue weighted by atomic mass is 16.3. The van der Waals surface area contributed by atoms with Crippen LogP contribution < -0.4 is 5.32 Å². The lowest BCUT2D eigenvalue weighted by atomic mass is 10.0. The zero-order valence-corrected chi connectivity index (χ0v) is 14.8. The van der Waals surface area contributed by atoms with Crippen molar-refractivity contribution in [1.82, 2.24) is 15.1 Å². The first kappa shape index (κ1) is 17.7. The summed E-state index contributed by atoms with van der Waals surface area (Å²) in [6.07, 6.45) is 8.79. The fourth-order valence-electron chi connectivity index (χ4n) is 3.43. The van der Waals surface area contributed by atoms with Crippen molar-refractivity contribution in [2.24, 2.45) is 0 Å². The maximum atomic E-state index is 12.7. The van der Waals surface area contributed by atoms with Crippen LogP contribution in [0.25, 0.3) is 6.08 Å². The number of likely N-dealkylation sites (tertiary alicyclic amines) is 1. The highest BCUT2D eigenvalue weighted by Crippen LogP contribution is 2.31. The van der Waals surface area contributed by atoms with E-state index in [0.29, 0.717) is 17.8 Å². The minimum absolute atomic E-state index is 0.0391. The molecule has 2 amide bonds. The second-order valence-corrected chi connectivity index (χ2v) is 6.76. The highest BCUT2D eigenvalue weighted by molar-refractivity contribution is 5.94. The molecule has 0 bridgehead atoms. The Balaban J connectivity index is 1.49. The Labute approximate surface area is 148 Å². The first-order chi connectivity index (χ1) is 12.2. The fraction of sp³-hybridized carbons (Fsp3) is 0.579. The third-order valence-corrected chi connectivity index (χ3v) is 4.98. The van der Waals surface area contributed by atoms with Crippen molar-refractivity contribution < 1.29 is 14.0 Å². The second kappa shape index (κ2) is 8.34. The molecule has 1 saturated carbocycles. The van der Waals surface area contributed by atoms with E-state index in [9.17, 15) is 9.59 Å². The van der Waals surface area contributed by atoms with Gasteiger partial charge in [-0.1, -0.05) is 6.92 Å². The summed E-state index contributed by atoms with van der Waals surface area (Å²) in [4.78, 5) is 29.0. The molecule has 0 spiro atoms. The van der Waals surface area contributed by atoms with Crippen molar-refractivity contribution >= 4 is 17.9 Å². The summed E-state index contributed by atoms with van der Waals surface area (Å²) in [7, 11) is 0. The summed E-state index contributed by atoms with van der Waals surface area (Å²) < 4.78 is 5.14. The summed E-state index contributed by atoms with van der Waals surface area (Å²) in [6, 6.07) is 4.23. The lowest BCUT2D eigenvalue weighted by molar-refractivity contribution is -0.135. The Kier molecular flexibility index (Phi) is 5.91. The molecular formula is C19H27N3O3. The Hall–Kier alpha value is -2.08. The Morgan fingerprint density at radius 3 is 2.60 bits per heavy atom. The van der Waals surface area contributed by atoms with Crippen LogP contribution >= 0.6 is 0 Å². The molecule has 0 aromatic carbocycles. The zero-order chi connectivity index (χ0) is 17.6. The number of rotatable bonds is 7. The summed E-state index contributed by atoms with van der Waals surface area (Å²) in [5, 5.41) is 2.70. The maximum Gasteiger partial charge on any atom is 0.244 e. The molecule has 1 saturated heterocycles. The van der Waals surface area contributed by atoms with Gasteiger partial charge in [-0.3, -0.25) is 9.59 Å². The number of hydrogen-bond donors (Lipinski definition) is 1. The molecule has 0 unspecified atom stereocenters. The third kappa shape index (κ3) is 4.95. The van der Waals surface area contributed by atoms with E-state index in [1.54, 1.807) is 24.5 Å². The molecule has 1 N–H and O–H groups in total. The number of carbonyl (C=O) groups excluding carboxylic acids is 2. The van der Waals surface area contributed by atoms with Gasteiger partial charge in [0.25, 0.3) is 0 Å². The quantitative estimate of drug-likeness (QED) is 0.767. The van der Waals surface area contributed by atoms with Crippen molar-refractivity contribution in [3.63, 3.8) is 0 Å². The highest BCUT2D eigenvalue weighted by Gasteiger charge is 2.38. The molecular weight excluding hydrogens is 318 g/mol. The minimum atomic E-state index is -0.277. The minimum Gasteiger partial charge on any atom is -0.465 e. The molecule has 1 aliphatic heterocycles. The molecule has 2 fully saturated rings. The van der Waals surface area contributed by atoms with Gasteiger partial charge in [-0.25, -0.2) is 0 Å². The molecule has 1 aromatic rings. The lowest BCUT2D eigenvalue weighted by Gasteiger charge is -2.38. The van der Waals surface area contributed by atoms with Crippen molar-refractivity contribution in [1.29, 1.82) is 0 Å². The molecule has 2 aliphatic rings. The fourth-order valence-corrected chi connectivity index (χ4v) is 3.43. The van der Waals surface area contributed by atoms with Crippen LogP contribution in [0.2, 0.25) is 0 Å². The first-order valence-electron chi connectivity index (χ1n) is 9.20. The standard InChI is InChI=1S/C19H27N3O3/c1-2-21-11-9-16(10-12-21)22(15-5-6-15)19(24)14-20-18(23)8-7-17-4-3-13-25-17/h3-4,7-8,13,15-16H,2,5-6,9-12,14H2,1H3,(H,20,23)/b8-7+. The third-order valence-electron chi connectivity index (χ3n) is 4.98. The van der Waals surface area contributed by atoms with E-state index in [1.165, 1.54) is 6.08 Å². The molecule has 1 aromatic heterocycles. The second-order valence-electron chi connectivity index (χ2n) is 6.76. The van der Waals surface area contributed by atoms with Gasteiger partial charge in [0, 0.05) is 31.2 Å². The lowest BCUT2D eigenvalue weighted by Crippen LogP contribution is -2.51. The van der Waals surface area contributed by atoms with Gasteiger partial charge in [0.2, 0.25) is 11.8 Å². The number of furan rings is 1. The summed E-state index contributed by atoms with van der Waals surface area (Å²) in [5.74, 6) is 0.377. The molecule has 25 heavy (non-hydrogen) atoms. The predicted molar refractivity (Wildman–Crippen MR) is 95.8 cm³/mol. The van der Waals surface area contributed by atoms with E-state index in [0.717, 1.165) is 45.3 Å². The van der Waals surface area contributed by atoms with Gasteiger partial charge in [0.1, 0.15) is 5.76 Å². The molecule has 6 heteroatoms. The first-order valence-corrected chi connectivity index (χ1v) is 9.20. The van der Waals surface area contributed by atoms with E-state index >= 15 is 0 Å². The van der Waals surface area contributed by atoms with Crippen LogP contribution in [0.4, 0.5) is 0 Å². The van der Waals surface area contributed by atoms with Gasteiger partial charge in [-0.2, -0.15) is 0 Å². The number of nitrogens with zero attached hydrogens (tertiary/aromatic N) is 2. The number of carbonyl (C=O) groups is 2. The Morgan fingerprint density at radius 1 is 1.28 bits per heavy atom. The smallest absolute Gasteiger partial charge is 0.244 e. The maximum absolute atomic E-state index is 12.7.